The summed E-state index contributed by atoms with van der Waals surface area (Å²) >= 11 is 5.88. The van der Waals surface area contributed by atoms with Crippen LogP contribution in [0.1, 0.15) is 15.9 Å². The molecule has 1 aromatic heterocycles. The van der Waals surface area contributed by atoms with Gasteiger partial charge in [-0.2, -0.15) is 0 Å². The molecule has 1 aromatic carbocycles. The van der Waals surface area contributed by atoms with Gasteiger partial charge in [-0.05, 0) is 36.2 Å². The zero-order valence-electron chi connectivity index (χ0n) is 9.64. The second-order valence-corrected chi connectivity index (χ2v) is 4.36. The highest BCUT2D eigenvalue weighted by atomic mass is 35.5. The summed E-state index contributed by atoms with van der Waals surface area (Å²) in [5.74, 6) is -0.851. The first-order valence-electron chi connectivity index (χ1n) is 5.24. The van der Waals surface area contributed by atoms with Crippen LogP contribution in [0.15, 0.2) is 30.5 Å². The highest BCUT2D eigenvalue weighted by molar-refractivity contribution is 6.30. The monoisotopic (exact) mass is 262 g/mol. The van der Waals surface area contributed by atoms with Crippen molar-refractivity contribution in [3.8, 4) is 11.1 Å². The SMILES string of the molecule is Cc1cc(Cl)ccc1-c1cnc(N)cc1C(=O)O. The summed E-state index contributed by atoms with van der Waals surface area (Å²) in [5.41, 5.74) is 7.84. The molecule has 0 spiro atoms. The fraction of sp³-hybridized carbons (Fsp3) is 0.0769. The molecule has 0 aliphatic rings. The van der Waals surface area contributed by atoms with Gasteiger partial charge in [-0.15, -0.1) is 0 Å². The molecule has 0 saturated carbocycles. The Labute approximate surface area is 109 Å². The summed E-state index contributed by atoms with van der Waals surface area (Å²) in [5, 5.41) is 9.80. The highest BCUT2D eigenvalue weighted by Crippen LogP contribution is 2.29. The molecule has 4 nitrogen and oxygen atoms in total. The molecule has 0 aliphatic carbocycles. The minimum atomic E-state index is -1.03. The Morgan fingerprint density at radius 3 is 2.67 bits per heavy atom. The topological polar surface area (TPSA) is 76.2 Å². The molecule has 0 unspecified atom stereocenters. The van der Waals surface area contributed by atoms with Gasteiger partial charge in [0.1, 0.15) is 5.82 Å². The lowest BCUT2D eigenvalue weighted by molar-refractivity contribution is 0.0697. The Bertz CT molecular complexity index is 626. The van der Waals surface area contributed by atoms with Crippen LogP contribution >= 0.6 is 11.6 Å². The van der Waals surface area contributed by atoms with E-state index < -0.39 is 5.97 Å². The number of pyridine rings is 1. The molecule has 0 fully saturated rings. The van der Waals surface area contributed by atoms with Gasteiger partial charge in [0, 0.05) is 16.8 Å². The minimum absolute atomic E-state index is 0.132. The van der Waals surface area contributed by atoms with Crippen molar-refractivity contribution in [3.63, 3.8) is 0 Å². The molecule has 0 aliphatic heterocycles. The first-order valence-corrected chi connectivity index (χ1v) is 5.62. The summed E-state index contributed by atoms with van der Waals surface area (Å²) in [7, 11) is 0. The Balaban J connectivity index is 2.67. The van der Waals surface area contributed by atoms with Crippen molar-refractivity contribution in [2.45, 2.75) is 6.92 Å². The molecule has 2 aromatic rings. The number of aryl methyl sites for hydroxylation is 1. The van der Waals surface area contributed by atoms with E-state index in [-0.39, 0.29) is 11.4 Å². The maximum atomic E-state index is 11.2. The fourth-order valence-electron chi connectivity index (χ4n) is 1.79. The lowest BCUT2D eigenvalue weighted by Crippen LogP contribution is -2.03. The van der Waals surface area contributed by atoms with Crippen molar-refractivity contribution in [3.05, 3.63) is 46.6 Å². The van der Waals surface area contributed by atoms with Crippen LogP contribution in [-0.2, 0) is 0 Å². The van der Waals surface area contributed by atoms with E-state index in [0.717, 1.165) is 11.1 Å². The molecule has 0 radical (unpaired) electrons. The minimum Gasteiger partial charge on any atom is -0.478 e. The number of carbonyl (C=O) groups is 1. The van der Waals surface area contributed by atoms with Crippen LogP contribution in [0, 0.1) is 6.92 Å². The third-order valence-corrected chi connectivity index (χ3v) is 2.87. The van der Waals surface area contributed by atoms with E-state index in [9.17, 15) is 9.90 Å². The zero-order chi connectivity index (χ0) is 13.3. The second-order valence-electron chi connectivity index (χ2n) is 3.92. The number of aromatic nitrogens is 1. The maximum Gasteiger partial charge on any atom is 0.336 e. The second kappa shape index (κ2) is 4.66. The number of halogens is 1. The van der Waals surface area contributed by atoms with E-state index in [1.165, 1.54) is 12.3 Å². The van der Waals surface area contributed by atoms with Crippen LogP contribution in [0.2, 0.25) is 5.02 Å². The Hall–Kier alpha value is -2.07. The highest BCUT2D eigenvalue weighted by Gasteiger charge is 2.14. The number of rotatable bonds is 2. The third kappa shape index (κ3) is 2.28. The molecule has 0 amide bonds. The lowest BCUT2D eigenvalue weighted by Gasteiger charge is -2.09. The predicted octanol–water partition coefficient (Wildman–Crippen LogP) is 2.99. The average molecular weight is 263 g/mol. The molecule has 0 atom stereocenters. The van der Waals surface area contributed by atoms with Crippen LogP contribution in [-0.4, -0.2) is 16.1 Å². The number of benzene rings is 1. The molecule has 2 rings (SSSR count). The summed E-state index contributed by atoms with van der Waals surface area (Å²) < 4.78 is 0. The molecule has 0 bridgehead atoms. The molecular weight excluding hydrogens is 252 g/mol. The fourth-order valence-corrected chi connectivity index (χ4v) is 2.02. The first kappa shape index (κ1) is 12.4. The van der Waals surface area contributed by atoms with E-state index in [1.807, 2.05) is 6.92 Å². The summed E-state index contributed by atoms with van der Waals surface area (Å²) in [6.07, 6.45) is 1.47. The standard InChI is InChI=1S/C13H11ClN2O2/c1-7-4-8(14)2-3-9(7)11-6-16-12(15)5-10(11)13(17)18/h2-6H,1H3,(H2,15,16)(H,17,18). The maximum absolute atomic E-state index is 11.2. The van der Waals surface area contributed by atoms with Gasteiger partial charge in [0.25, 0.3) is 0 Å². The van der Waals surface area contributed by atoms with Crippen LogP contribution in [0.4, 0.5) is 5.82 Å². The van der Waals surface area contributed by atoms with Gasteiger partial charge in [-0.25, -0.2) is 9.78 Å². The van der Waals surface area contributed by atoms with Gasteiger partial charge in [-0.3, -0.25) is 0 Å². The number of carboxylic acids is 1. The van der Waals surface area contributed by atoms with Crippen LogP contribution in [0.3, 0.4) is 0 Å². The molecule has 0 saturated heterocycles. The zero-order valence-corrected chi connectivity index (χ0v) is 10.4. The smallest absolute Gasteiger partial charge is 0.336 e. The van der Waals surface area contributed by atoms with Crippen molar-refractivity contribution in [2.75, 3.05) is 5.73 Å². The number of aromatic carboxylic acids is 1. The molecule has 18 heavy (non-hydrogen) atoms. The first-order chi connectivity index (χ1) is 8.49. The van der Waals surface area contributed by atoms with Gasteiger partial charge in [0.15, 0.2) is 0 Å². The van der Waals surface area contributed by atoms with Gasteiger partial charge < -0.3 is 10.8 Å². The van der Waals surface area contributed by atoms with E-state index in [0.29, 0.717) is 10.6 Å². The van der Waals surface area contributed by atoms with Crippen molar-refractivity contribution < 1.29 is 9.90 Å². The average Bonchev–Trinajstić information content (AvgIpc) is 2.29. The van der Waals surface area contributed by atoms with Gasteiger partial charge in [0.05, 0.1) is 5.56 Å². The summed E-state index contributed by atoms with van der Waals surface area (Å²) in [4.78, 5) is 15.2. The van der Waals surface area contributed by atoms with E-state index in [1.54, 1.807) is 18.2 Å². The summed E-state index contributed by atoms with van der Waals surface area (Å²) in [6.45, 7) is 1.86. The van der Waals surface area contributed by atoms with Gasteiger partial charge in [-0.1, -0.05) is 17.7 Å². The Kier molecular flexibility index (Phi) is 3.21. The van der Waals surface area contributed by atoms with E-state index in [4.69, 9.17) is 17.3 Å². The van der Waals surface area contributed by atoms with E-state index in [2.05, 4.69) is 4.98 Å². The van der Waals surface area contributed by atoms with Crippen molar-refractivity contribution in [1.82, 2.24) is 4.98 Å². The number of hydrogen-bond acceptors (Lipinski definition) is 3. The van der Waals surface area contributed by atoms with Gasteiger partial charge in [0.2, 0.25) is 0 Å². The predicted molar refractivity (Wildman–Crippen MR) is 70.8 cm³/mol. The third-order valence-electron chi connectivity index (χ3n) is 2.63. The van der Waals surface area contributed by atoms with Crippen molar-refractivity contribution in [1.29, 1.82) is 0 Å². The summed E-state index contributed by atoms with van der Waals surface area (Å²) in [6, 6.07) is 6.62. The largest absolute Gasteiger partial charge is 0.478 e. The number of nitrogens with zero attached hydrogens (tertiary/aromatic N) is 1. The van der Waals surface area contributed by atoms with Gasteiger partial charge >= 0.3 is 5.97 Å². The Morgan fingerprint density at radius 2 is 2.06 bits per heavy atom. The van der Waals surface area contributed by atoms with Crippen molar-refractivity contribution in [2.24, 2.45) is 0 Å². The molecule has 1 heterocycles. The quantitative estimate of drug-likeness (QED) is 0.872. The number of nitrogens with two attached hydrogens (primary N) is 1. The number of carboxylic acid groups (broad SMARTS) is 1. The van der Waals surface area contributed by atoms with Crippen molar-refractivity contribution >= 4 is 23.4 Å². The van der Waals surface area contributed by atoms with Crippen LogP contribution in [0.25, 0.3) is 11.1 Å². The normalized spacial score (nSPS) is 10.3. The number of hydrogen-bond donors (Lipinski definition) is 2. The Morgan fingerprint density at radius 1 is 1.33 bits per heavy atom. The molecule has 3 N–H and O–H groups in total. The number of anilines is 1. The molecular formula is C13H11ClN2O2. The molecule has 92 valence electrons. The number of nitrogen functional groups attached to an aromatic ring is 1. The van der Waals surface area contributed by atoms with Crippen LogP contribution in [0.5, 0.6) is 0 Å². The van der Waals surface area contributed by atoms with E-state index >= 15 is 0 Å². The molecule has 5 heteroatoms. The lowest BCUT2D eigenvalue weighted by atomic mass is 9.98. The van der Waals surface area contributed by atoms with Crippen LogP contribution < -0.4 is 5.73 Å².